The van der Waals surface area contributed by atoms with Gasteiger partial charge < -0.3 is 0 Å². The van der Waals surface area contributed by atoms with E-state index in [2.05, 4.69) is 0 Å². The highest BCUT2D eigenvalue weighted by Gasteiger charge is 2.24. The van der Waals surface area contributed by atoms with E-state index >= 15 is 0 Å². The van der Waals surface area contributed by atoms with E-state index in [0.717, 1.165) is 15.9 Å². The molecule has 1 aromatic carbocycles. The van der Waals surface area contributed by atoms with Gasteiger partial charge in [0.1, 0.15) is 10.7 Å². The largest absolute Gasteiger partial charge is 0.246 e. The van der Waals surface area contributed by atoms with Gasteiger partial charge in [0.25, 0.3) is 0 Å². The van der Waals surface area contributed by atoms with E-state index in [1.54, 1.807) is 0 Å². The Labute approximate surface area is 126 Å². The van der Waals surface area contributed by atoms with Crippen LogP contribution in [0.1, 0.15) is 11.1 Å². The lowest BCUT2D eigenvalue weighted by Crippen LogP contribution is -2.27. The van der Waals surface area contributed by atoms with Crippen LogP contribution >= 0.6 is 22.9 Å². The molecule has 7 heteroatoms. The molecule has 0 bridgehead atoms. The second kappa shape index (κ2) is 6.22. The fourth-order valence-corrected chi connectivity index (χ4v) is 3.76. The molecule has 0 atom stereocenters. The first-order chi connectivity index (χ1) is 9.45. The topological polar surface area (TPSA) is 37.4 Å². The molecule has 0 N–H and O–H groups in total. The molecule has 0 unspecified atom stereocenters. The number of sulfonamides is 1. The van der Waals surface area contributed by atoms with Crippen molar-refractivity contribution in [2.45, 2.75) is 17.3 Å². The number of hydrogen-bond acceptors (Lipinski definition) is 3. The van der Waals surface area contributed by atoms with Crippen molar-refractivity contribution in [3.63, 3.8) is 0 Å². The van der Waals surface area contributed by atoms with Gasteiger partial charge in [0.05, 0.1) is 0 Å². The molecule has 0 aliphatic rings. The van der Waals surface area contributed by atoms with E-state index in [-0.39, 0.29) is 17.3 Å². The van der Waals surface area contributed by atoms with Crippen LogP contribution in [0.2, 0.25) is 0 Å². The molecule has 2 aromatic rings. The molecular formula is C13H13ClFNO2S2. The van der Waals surface area contributed by atoms with Crippen LogP contribution in [-0.4, -0.2) is 19.8 Å². The maximum absolute atomic E-state index is 13.9. The summed E-state index contributed by atoms with van der Waals surface area (Å²) in [6, 6.07) is 5.76. The lowest BCUT2D eigenvalue weighted by atomic mass is 10.2. The number of hydrogen-bond donors (Lipinski definition) is 0. The third kappa shape index (κ3) is 3.20. The molecule has 0 fully saturated rings. The van der Waals surface area contributed by atoms with Crippen molar-refractivity contribution in [3.05, 3.63) is 52.0 Å². The molecule has 0 spiro atoms. The first-order valence-electron chi connectivity index (χ1n) is 5.77. The molecule has 20 heavy (non-hydrogen) atoms. The second-order valence-electron chi connectivity index (χ2n) is 4.29. The van der Waals surface area contributed by atoms with Gasteiger partial charge in [-0.15, -0.1) is 11.6 Å². The number of rotatable bonds is 5. The summed E-state index contributed by atoms with van der Waals surface area (Å²) in [5.74, 6) is -0.637. The van der Waals surface area contributed by atoms with Crippen LogP contribution in [0.3, 0.4) is 0 Å². The summed E-state index contributed by atoms with van der Waals surface area (Å²) in [7, 11) is -2.42. The fraction of sp³-hybridized carbons (Fsp3) is 0.231. The molecule has 108 valence electrons. The summed E-state index contributed by atoms with van der Waals surface area (Å²) in [6.07, 6.45) is 0. The van der Waals surface area contributed by atoms with Crippen LogP contribution in [-0.2, 0) is 22.4 Å². The average molecular weight is 334 g/mol. The van der Waals surface area contributed by atoms with Crippen molar-refractivity contribution in [2.24, 2.45) is 0 Å². The Hall–Kier alpha value is -0.950. The van der Waals surface area contributed by atoms with E-state index in [1.807, 2.05) is 16.8 Å². The molecule has 1 heterocycles. The van der Waals surface area contributed by atoms with Gasteiger partial charge in [-0.05, 0) is 40.1 Å². The van der Waals surface area contributed by atoms with E-state index in [4.69, 9.17) is 11.6 Å². The van der Waals surface area contributed by atoms with Crippen molar-refractivity contribution in [1.82, 2.24) is 4.31 Å². The minimum atomic E-state index is -3.85. The Morgan fingerprint density at radius 3 is 2.60 bits per heavy atom. The zero-order valence-electron chi connectivity index (χ0n) is 10.7. The smallest absolute Gasteiger partial charge is 0.207 e. The van der Waals surface area contributed by atoms with E-state index < -0.39 is 15.8 Å². The zero-order chi connectivity index (χ0) is 14.8. The standard InChI is InChI=1S/C13H13ClFNO2S2/c1-16(8-11-4-5-19-9-11)20(17,18)13-3-2-10(7-14)6-12(13)15/h2-6,9H,7-8H2,1H3. The minimum Gasteiger partial charge on any atom is -0.207 e. The van der Waals surface area contributed by atoms with Gasteiger partial charge in [-0.25, -0.2) is 12.8 Å². The van der Waals surface area contributed by atoms with Gasteiger partial charge >= 0.3 is 0 Å². The maximum atomic E-state index is 13.9. The summed E-state index contributed by atoms with van der Waals surface area (Å²) in [5, 5.41) is 3.73. The number of benzene rings is 1. The number of thiophene rings is 1. The Morgan fingerprint density at radius 2 is 2.05 bits per heavy atom. The van der Waals surface area contributed by atoms with Gasteiger partial charge in [0.15, 0.2) is 0 Å². The molecule has 1 aromatic heterocycles. The second-order valence-corrected chi connectivity index (χ2v) is 7.35. The minimum absolute atomic E-state index is 0.141. The van der Waals surface area contributed by atoms with E-state index in [1.165, 1.54) is 30.5 Å². The zero-order valence-corrected chi connectivity index (χ0v) is 13.1. The van der Waals surface area contributed by atoms with Crippen LogP contribution in [0, 0.1) is 5.82 Å². The lowest BCUT2D eigenvalue weighted by molar-refractivity contribution is 0.460. The summed E-state index contributed by atoms with van der Waals surface area (Å²) >= 11 is 7.08. The monoisotopic (exact) mass is 333 g/mol. The van der Waals surface area contributed by atoms with Crippen molar-refractivity contribution >= 4 is 33.0 Å². The van der Waals surface area contributed by atoms with Crippen LogP contribution in [0.15, 0.2) is 39.9 Å². The molecule has 0 aliphatic heterocycles. The summed E-state index contributed by atoms with van der Waals surface area (Å²) < 4.78 is 39.7. The maximum Gasteiger partial charge on any atom is 0.246 e. The first-order valence-corrected chi connectivity index (χ1v) is 8.68. The lowest BCUT2D eigenvalue weighted by Gasteiger charge is -2.17. The number of nitrogens with zero attached hydrogens (tertiary/aromatic N) is 1. The van der Waals surface area contributed by atoms with Gasteiger partial charge in [-0.3, -0.25) is 0 Å². The van der Waals surface area contributed by atoms with Crippen LogP contribution < -0.4 is 0 Å². The van der Waals surface area contributed by atoms with Crippen molar-refractivity contribution in [2.75, 3.05) is 7.05 Å². The highest BCUT2D eigenvalue weighted by molar-refractivity contribution is 7.89. The van der Waals surface area contributed by atoms with Crippen LogP contribution in [0.25, 0.3) is 0 Å². The summed E-state index contributed by atoms with van der Waals surface area (Å²) in [4.78, 5) is -0.330. The normalized spacial score (nSPS) is 12.0. The fourth-order valence-electron chi connectivity index (χ4n) is 1.73. The molecular weight excluding hydrogens is 321 g/mol. The Balaban J connectivity index is 2.30. The first kappa shape index (κ1) is 15.4. The molecule has 0 radical (unpaired) electrons. The van der Waals surface area contributed by atoms with Gasteiger partial charge in [-0.1, -0.05) is 6.07 Å². The van der Waals surface area contributed by atoms with Crippen molar-refractivity contribution in [3.8, 4) is 0 Å². The van der Waals surface area contributed by atoms with Crippen LogP contribution in [0.5, 0.6) is 0 Å². The molecule has 2 rings (SSSR count). The average Bonchev–Trinajstić information content (AvgIpc) is 2.91. The Bertz CT molecular complexity index is 686. The van der Waals surface area contributed by atoms with Crippen molar-refractivity contribution in [1.29, 1.82) is 0 Å². The third-order valence-corrected chi connectivity index (χ3v) is 5.70. The molecule has 0 amide bonds. The van der Waals surface area contributed by atoms with E-state index in [0.29, 0.717) is 5.56 Å². The summed E-state index contributed by atoms with van der Waals surface area (Å²) in [6.45, 7) is 0.211. The Morgan fingerprint density at radius 1 is 1.30 bits per heavy atom. The van der Waals surface area contributed by atoms with Gasteiger partial charge in [0.2, 0.25) is 10.0 Å². The predicted molar refractivity (Wildman–Crippen MR) is 78.9 cm³/mol. The highest BCUT2D eigenvalue weighted by Crippen LogP contribution is 2.22. The highest BCUT2D eigenvalue weighted by atomic mass is 35.5. The van der Waals surface area contributed by atoms with Crippen molar-refractivity contribution < 1.29 is 12.8 Å². The van der Waals surface area contributed by atoms with Crippen LogP contribution in [0.4, 0.5) is 4.39 Å². The molecule has 0 saturated heterocycles. The molecule has 3 nitrogen and oxygen atoms in total. The number of alkyl halides is 1. The number of halogens is 2. The Kier molecular flexibility index (Phi) is 4.80. The van der Waals surface area contributed by atoms with Gasteiger partial charge in [0, 0.05) is 19.5 Å². The molecule has 0 aliphatic carbocycles. The third-order valence-electron chi connectivity index (χ3n) is 2.82. The summed E-state index contributed by atoms with van der Waals surface area (Å²) in [5.41, 5.74) is 1.42. The SMILES string of the molecule is CN(Cc1ccsc1)S(=O)(=O)c1ccc(CCl)cc1F. The van der Waals surface area contributed by atoms with Gasteiger partial charge in [-0.2, -0.15) is 15.6 Å². The van der Waals surface area contributed by atoms with E-state index in [9.17, 15) is 12.8 Å². The molecule has 0 saturated carbocycles. The quantitative estimate of drug-likeness (QED) is 0.786. The predicted octanol–water partition coefficient (Wildman–Crippen LogP) is 3.45.